The summed E-state index contributed by atoms with van der Waals surface area (Å²) in [5.41, 5.74) is 1.07. The molecule has 0 radical (unpaired) electrons. The van der Waals surface area contributed by atoms with E-state index in [4.69, 9.17) is 16.6 Å². The largest absolute Gasteiger partial charge is 0.353 e. The van der Waals surface area contributed by atoms with Crippen LogP contribution in [0.1, 0.15) is 55.8 Å². The first-order chi connectivity index (χ1) is 9.22. The summed E-state index contributed by atoms with van der Waals surface area (Å²) in [5, 5.41) is 0.661. The third-order valence-corrected chi connectivity index (χ3v) is 4.80. The first-order valence-electron chi connectivity index (χ1n) is 7.53. The van der Waals surface area contributed by atoms with Gasteiger partial charge in [0.05, 0.1) is 0 Å². The maximum absolute atomic E-state index is 6.33. The fourth-order valence-corrected chi connectivity index (χ4v) is 2.84. The molecule has 0 atom stereocenters. The summed E-state index contributed by atoms with van der Waals surface area (Å²) in [6, 6.07) is 0.706. The van der Waals surface area contributed by atoms with Gasteiger partial charge in [0, 0.05) is 24.1 Å². The molecule has 3 aliphatic rings. The highest BCUT2D eigenvalue weighted by molar-refractivity contribution is 6.30. The van der Waals surface area contributed by atoms with Gasteiger partial charge >= 0.3 is 0 Å². The monoisotopic (exact) mass is 277 g/mol. The number of anilines is 1. The van der Waals surface area contributed by atoms with Crippen molar-refractivity contribution in [1.82, 2.24) is 9.97 Å². The van der Waals surface area contributed by atoms with Gasteiger partial charge in [0.25, 0.3) is 0 Å². The highest BCUT2D eigenvalue weighted by atomic mass is 35.5. The Balaban J connectivity index is 1.69. The quantitative estimate of drug-likeness (QED) is 0.769. The van der Waals surface area contributed by atoms with E-state index in [0.717, 1.165) is 23.1 Å². The maximum Gasteiger partial charge on any atom is 0.137 e. The molecule has 4 rings (SSSR count). The average molecular weight is 278 g/mol. The minimum Gasteiger partial charge on any atom is -0.353 e. The minimum absolute atomic E-state index is 0.568. The Labute approximate surface area is 119 Å². The molecule has 0 saturated heterocycles. The standard InChI is InChI=1S/C15H20ClN3/c1-9-13(16)17-14(11-4-5-11)18-15(9)19(12-6-7-12)8-10-2-3-10/h10-12H,2-8H2,1H3. The average Bonchev–Trinajstić information content (AvgIpc) is 3.27. The van der Waals surface area contributed by atoms with Crippen molar-refractivity contribution in [1.29, 1.82) is 0 Å². The lowest BCUT2D eigenvalue weighted by molar-refractivity contribution is 0.700. The van der Waals surface area contributed by atoms with Crippen LogP contribution in [0.25, 0.3) is 0 Å². The second-order valence-corrected chi connectivity index (χ2v) is 6.78. The van der Waals surface area contributed by atoms with Gasteiger partial charge in [-0.05, 0) is 51.4 Å². The first-order valence-corrected chi connectivity index (χ1v) is 7.91. The van der Waals surface area contributed by atoms with Crippen LogP contribution in [0.3, 0.4) is 0 Å². The van der Waals surface area contributed by atoms with E-state index in [1.54, 1.807) is 0 Å². The minimum atomic E-state index is 0.568. The van der Waals surface area contributed by atoms with Crippen molar-refractivity contribution in [3.05, 3.63) is 16.5 Å². The fraction of sp³-hybridized carbons (Fsp3) is 0.733. The number of hydrogen-bond acceptors (Lipinski definition) is 3. The zero-order chi connectivity index (χ0) is 13.0. The Bertz CT molecular complexity index is 504. The van der Waals surface area contributed by atoms with Crippen molar-refractivity contribution in [3.63, 3.8) is 0 Å². The Kier molecular flexibility index (Phi) is 2.73. The van der Waals surface area contributed by atoms with E-state index in [2.05, 4.69) is 16.8 Å². The molecule has 1 aromatic heterocycles. The van der Waals surface area contributed by atoms with Gasteiger partial charge in [0.15, 0.2) is 0 Å². The summed E-state index contributed by atoms with van der Waals surface area (Å²) < 4.78 is 0. The number of halogens is 1. The zero-order valence-electron chi connectivity index (χ0n) is 11.4. The van der Waals surface area contributed by atoms with Crippen LogP contribution in [-0.2, 0) is 0 Å². The maximum atomic E-state index is 6.33. The molecule has 0 unspecified atom stereocenters. The van der Waals surface area contributed by atoms with Gasteiger partial charge < -0.3 is 4.90 Å². The van der Waals surface area contributed by atoms with Crippen LogP contribution < -0.4 is 4.90 Å². The molecular weight excluding hydrogens is 258 g/mol. The number of nitrogens with zero attached hydrogens (tertiary/aromatic N) is 3. The molecule has 1 heterocycles. The van der Waals surface area contributed by atoms with Gasteiger partial charge in [-0.3, -0.25) is 0 Å². The Morgan fingerprint density at radius 3 is 2.42 bits per heavy atom. The van der Waals surface area contributed by atoms with Crippen LogP contribution in [0.4, 0.5) is 5.82 Å². The summed E-state index contributed by atoms with van der Waals surface area (Å²) in [7, 11) is 0. The molecule has 1 aromatic rings. The summed E-state index contributed by atoms with van der Waals surface area (Å²) >= 11 is 6.33. The van der Waals surface area contributed by atoms with Gasteiger partial charge in [-0.25, -0.2) is 9.97 Å². The topological polar surface area (TPSA) is 29.0 Å². The van der Waals surface area contributed by atoms with E-state index in [1.807, 2.05) is 0 Å². The van der Waals surface area contributed by atoms with Gasteiger partial charge in [0.2, 0.25) is 0 Å². The molecule has 3 fully saturated rings. The van der Waals surface area contributed by atoms with Crippen molar-refractivity contribution in [2.75, 3.05) is 11.4 Å². The lowest BCUT2D eigenvalue weighted by Crippen LogP contribution is -2.30. The third kappa shape index (κ3) is 2.45. The van der Waals surface area contributed by atoms with Crippen molar-refractivity contribution >= 4 is 17.4 Å². The summed E-state index contributed by atoms with van der Waals surface area (Å²) in [4.78, 5) is 11.9. The van der Waals surface area contributed by atoms with Crippen molar-refractivity contribution < 1.29 is 0 Å². The Hall–Kier alpha value is -0.830. The third-order valence-electron chi connectivity index (χ3n) is 4.43. The molecule has 0 bridgehead atoms. The fourth-order valence-electron chi connectivity index (χ4n) is 2.67. The Morgan fingerprint density at radius 2 is 1.84 bits per heavy atom. The molecule has 19 heavy (non-hydrogen) atoms. The van der Waals surface area contributed by atoms with Crippen LogP contribution in [0, 0.1) is 12.8 Å². The predicted octanol–water partition coefficient (Wildman–Crippen LogP) is 3.69. The van der Waals surface area contributed by atoms with E-state index in [1.165, 1.54) is 45.1 Å². The second-order valence-electron chi connectivity index (χ2n) is 6.42. The Morgan fingerprint density at radius 1 is 1.11 bits per heavy atom. The lowest BCUT2D eigenvalue weighted by Gasteiger charge is -2.26. The highest BCUT2D eigenvalue weighted by Crippen LogP contribution is 2.42. The van der Waals surface area contributed by atoms with Crippen LogP contribution in [0.5, 0.6) is 0 Å². The van der Waals surface area contributed by atoms with Crippen molar-refractivity contribution in [2.24, 2.45) is 5.92 Å². The summed E-state index contributed by atoms with van der Waals surface area (Å²) in [6.07, 6.45) is 7.85. The van der Waals surface area contributed by atoms with E-state index >= 15 is 0 Å². The highest BCUT2D eigenvalue weighted by Gasteiger charge is 2.36. The normalized spacial score (nSPS) is 22.6. The molecule has 0 aromatic carbocycles. The number of hydrogen-bond donors (Lipinski definition) is 0. The SMILES string of the molecule is Cc1c(Cl)nc(C2CC2)nc1N(CC1CC1)C1CC1. The molecule has 0 N–H and O–H groups in total. The number of aromatic nitrogens is 2. The van der Waals surface area contributed by atoms with Crippen molar-refractivity contribution in [3.8, 4) is 0 Å². The molecule has 0 amide bonds. The van der Waals surface area contributed by atoms with E-state index in [-0.39, 0.29) is 0 Å². The van der Waals surface area contributed by atoms with Gasteiger partial charge in [-0.1, -0.05) is 11.6 Å². The van der Waals surface area contributed by atoms with Crippen LogP contribution >= 0.6 is 11.6 Å². The van der Waals surface area contributed by atoms with Gasteiger partial charge in [-0.2, -0.15) is 0 Å². The molecule has 4 heteroatoms. The van der Waals surface area contributed by atoms with E-state index in [0.29, 0.717) is 17.1 Å². The van der Waals surface area contributed by atoms with Gasteiger partial charge in [0.1, 0.15) is 16.8 Å². The second kappa shape index (κ2) is 4.34. The summed E-state index contributed by atoms with van der Waals surface area (Å²) in [5.74, 6) is 3.56. The zero-order valence-corrected chi connectivity index (χ0v) is 12.2. The van der Waals surface area contributed by atoms with Crippen LogP contribution in [0.15, 0.2) is 0 Å². The van der Waals surface area contributed by atoms with E-state index in [9.17, 15) is 0 Å². The molecule has 0 aliphatic heterocycles. The van der Waals surface area contributed by atoms with E-state index < -0.39 is 0 Å². The summed E-state index contributed by atoms with van der Waals surface area (Å²) in [6.45, 7) is 3.24. The lowest BCUT2D eigenvalue weighted by atomic mass is 10.2. The molecule has 0 spiro atoms. The molecule has 102 valence electrons. The molecule has 3 nitrogen and oxygen atoms in total. The smallest absolute Gasteiger partial charge is 0.137 e. The molecule has 3 aliphatic carbocycles. The van der Waals surface area contributed by atoms with Gasteiger partial charge in [-0.15, -0.1) is 0 Å². The van der Waals surface area contributed by atoms with Crippen molar-refractivity contribution in [2.45, 2.75) is 57.4 Å². The molecule has 3 saturated carbocycles. The first kappa shape index (κ1) is 12.0. The molecular formula is C15H20ClN3. The predicted molar refractivity (Wildman–Crippen MR) is 76.8 cm³/mol. The number of rotatable bonds is 5. The van der Waals surface area contributed by atoms with Crippen LogP contribution in [-0.4, -0.2) is 22.6 Å². The van der Waals surface area contributed by atoms with Crippen LogP contribution in [0.2, 0.25) is 5.15 Å².